The Morgan fingerprint density at radius 1 is 1.25 bits per heavy atom. The van der Waals surface area contributed by atoms with Gasteiger partial charge >= 0.3 is 0 Å². The van der Waals surface area contributed by atoms with Crippen LogP contribution in [0.2, 0.25) is 0 Å². The van der Waals surface area contributed by atoms with Crippen molar-refractivity contribution < 1.29 is 9.32 Å². The molecule has 1 atom stereocenters. The van der Waals surface area contributed by atoms with Crippen LogP contribution < -0.4 is 0 Å². The van der Waals surface area contributed by atoms with E-state index in [0.29, 0.717) is 31.1 Å². The van der Waals surface area contributed by atoms with Gasteiger partial charge in [0, 0.05) is 62.0 Å². The van der Waals surface area contributed by atoms with Crippen LogP contribution in [0.15, 0.2) is 29.0 Å². The summed E-state index contributed by atoms with van der Waals surface area (Å²) in [7, 11) is 1.91. The summed E-state index contributed by atoms with van der Waals surface area (Å²) in [5, 5.41) is 8.02. The molecular weight excluding hydrogens is 356 g/mol. The van der Waals surface area contributed by atoms with Gasteiger partial charge in [0.15, 0.2) is 5.82 Å². The molecule has 0 aliphatic carbocycles. The fraction of sp³-hybridized carbons (Fsp3) is 0.450. The van der Waals surface area contributed by atoms with E-state index in [9.17, 15) is 4.79 Å². The highest BCUT2D eigenvalue weighted by Crippen LogP contribution is 2.30. The molecule has 8 heteroatoms. The average Bonchev–Trinajstić information content (AvgIpc) is 3.40. The molecule has 0 spiro atoms. The number of likely N-dealkylation sites (tertiary alicyclic amines) is 1. The number of hydrogen-bond donors (Lipinski definition) is 0. The predicted octanol–water partition coefficient (Wildman–Crippen LogP) is 2.43. The van der Waals surface area contributed by atoms with Crippen molar-refractivity contribution in [2.24, 2.45) is 7.05 Å². The molecule has 1 unspecified atom stereocenters. The van der Waals surface area contributed by atoms with Crippen LogP contribution >= 0.6 is 0 Å². The number of rotatable bonds is 5. The van der Waals surface area contributed by atoms with E-state index in [2.05, 4.69) is 27.4 Å². The van der Waals surface area contributed by atoms with E-state index in [4.69, 9.17) is 9.51 Å². The van der Waals surface area contributed by atoms with Crippen LogP contribution in [0.3, 0.4) is 0 Å². The van der Waals surface area contributed by atoms with Gasteiger partial charge in [-0.2, -0.15) is 10.1 Å². The number of aryl methyl sites for hydroxylation is 4. The molecule has 1 aliphatic heterocycles. The van der Waals surface area contributed by atoms with Crippen molar-refractivity contribution in [1.29, 1.82) is 0 Å². The van der Waals surface area contributed by atoms with E-state index in [1.807, 2.05) is 31.3 Å². The van der Waals surface area contributed by atoms with E-state index in [1.165, 1.54) is 0 Å². The van der Waals surface area contributed by atoms with Crippen LogP contribution in [0, 0.1) is 13.8 Å². The summed E-state index contributed by atoms with van der Waals surface area (Å²) in [6.45, 7) is 5.23. The minimum absolute atomic E-state index is 0.124. The topological polar surface area (TPSA) is 89.9 Å². The summed E-state index contributed by atoms with van der Waals surface area (Å²) in [5.41, 5.74) is 4.22. The second-order valence-corrected chi connectivity index (χ2v) is 7.39. The van der Waals surface area contributed by atoms with Gasteiger partial charge in [-0.25, -0.2) is 0 Å². The molecule has 1 fully saturated rings. The molecule has 8 nitrogen and oxygen atoms in total. The summed E-state index contributed by atoms with van der Waals surface area (Å²) in [6, 6.07) is 4.20. The molecule has 0 N–H and O–H groups in total. The van der Waals surface area contributed by atoms with Gasteiger partial charge in [0.05, 0.1) is 6.20 Å². The number of hydrogen-bond acceptors (Lipinski definition) is 6. The van der Waals surface area contributed by atoms with Crippen molar-refractivity contribution in [3.05, 3.63) is 47.6 Å². The zero-order valence-corrected chi connectivity index (χ0v) is 16.4. The van der Waals surface area contributed by atoms with E-state index >= 15 is 0 Å². The Balaban J connectivity index is 1.42. The van der Waals surface area contributed by atoms with Crippen molar-refractivity contribution in [2.75, 3.05) is 13.1 Å². The molecular formula is C20H24N6O2. The zero-order valence-electron chi connectivity index (χ0n) is 16.4. The van der Waals surface area contributed by atoms with E-state index in [1.54, 1.807) is 11.6 Å². The van der Waals surface area contributed by atoms with Gasteiger partial charge in [0.2, 0.25) is 11.8 Å². The van der Waals surface area contributed by atoms with Crippen molar-refractivity contribution in [2.45, 2.75) is 39.0 Å². The maximum atomic E-state index is 12.6. The first kappa shape index (κ1) is 18.3. The van der Waals surface area contributed by atoms with E-state index in [-0.39, 0.29) is 11.8 Å². The second kappa shape index (κ2) is 7.53. The highest BCUT2D eigenvalue weighted by molar-refractivity contribution is 5.76. The van der Waals surface area contributed by atoms with Gasteiger partial charge in [-0.1, -0.05) is 5.16 Å². The van der Waals surface area contributed by atoms with Gasteiger partial charge in [-0.3, -0.25) is 14.5 Å². The number of amides is 1. The Hall–Kier alpha value is -3.03. The van der Waals surface area contributed by atoms with Crippen molar-refractivity contribution in [1.82, 2.24) is 29.8 Å². The lowest BCUT2D eigenvalue weighted by atomic mass is 10.00. The highest BCUT2D eigenvalue weighted by Gasteiger charge is 2.28. The minimum Gasteiger partial charge on any atom is -0.342 e. The zero-order chi connectivity index (χ0) is 19.7. The van der Waals surface area contributed by atoms with Gasteiger partial charge < -0.3 is 9.42 Å². The first-order chi connectivity index (χ1) is 13.5. The van der Waals surface area contributed by atoms with Crippen LogP contribution in [0.1, 0.15) is 41.9 Å². The lowest BCUT2D eigenvalue weighted by molar-refractivity contribution is -0.130. The average molecular weight is 380 g/mol. The van der Waals surface area contributed by atoms with Crippen LogP contribution in [-0.2, 0) is 18.3 Å². The maximum absolute atomic E-state index is 12.6. The SMILES string of the molecule is Cc1cc(-c2cnn(C)c2)cc(C2CCN(C(=O)CCc3nc(C)no3)C2)n1. The molecule has 0 aromatic carbocycles. The summed E-state index contributed by atoms with van der Waals surface area (Å²) in [5.74, 6) is 1.49. The lowest BCUT2D eigenvalue weighted by Gasteiger charge is -2.16. The van der Waals surface area contributed by atoms with E-state index in [0.717, 1.165) is 35.5 Å². The molecule has 146 valence electrons. The quantitative estimate of drug-likeness (QED) is 0.675. The molecule has 1 saturated heterocycles. The molecule has 0 saturated carbocycles. The molecule has 4 rings (SSSR count). The van der Waals surface area contributed by atoms with Gasteiger partial charge in [-0.15, -0.1) is 0 Å². The third-order valence-electron chi connectivity index (χ3n) is 5.09. The number of carbonyl (C=O) groups excluding carboxylic acids is 1. The number of nitrogens with zero attached hydrogens (tertiary/aromatic N) is 6. The molecule has 1 amide bonds. The first-order valence-corrected chi connectivity index (χ1v) is 9.52. The number of carbonyl (C=O) groups is 1. The normalized spacial score (nSPS) is 16.7. The van der Waals surface area contributed by atoms with Crippen LogP contribution in [-0.4, -0.2) is 48.8 Å². The van der Waals surface area contributed by atoms with E-state index < -0.39 is 0 Å². The Morgan fingerprint density at radius 2 is 2.11 bits per heavy atom. The monoisotopic (exact) mass is 380 g/mol. The van der Waals surface area contributed by atoms with Crippen LogP contribution in [0.4, 0.5) is 0 Å². The van der Waals surface area contributed by atoms with Crippen molar-refractivity contribution in [3.63, 3.8) is 0 Å². The van der Waals surface area contributed by atoms with Crippen LogP contribution in [0.25, 0.3) is 11.1 Å². The molecule has 3 aromatic heterocycles. The van der Waals surface area contributed by atoms with Crippen LogP contribution in [0.5, 0.6) is 0 Å². The predicted molar refractivity (Wildman–Crippen MR) is 102 cm³/mol. The van der Waals surface area contributed by atoms with Crippen molar-refractivity contribution >= 4 is 5.91 Å². The number of pyridine rings is 1. The molecule has 0 bridgehead atoms. The van der Waals surface area contributed by atoms with Gasteiger partial charge in [0.1, 0.15) is 0 Å². The van der Waals surface area contributed by atoms with Gasteiger partial charge in [0.25, 0.3) is 0 Å². The second-order valence-electron chi connectivity index (χ2n) is 7.39. The maximum Gasteiger partial charge on any atom is 0.227 e. The summed E-state index contributed by atoms with van der Waals surface area (Å²) >= 11 is 0. The Labute approximate surface area is 163 Å². The largest absolute Gasteiger partial charge is 0.342 e. The summed E-state index contributed by atoms with van der Waals surface area (Å²) in [4.78, 5) is 23.4. The standard InChI is InChI=1S/C20H24N6O2/c1-13-8-16(17-10-21-25(3)11-17)9-18(22-13)15-6-7-26(12-15)20(27)5-4-19-23-14(2)24-28-19/h8-11,15H,4-7,12H2,1-3H3. The van der Waals surface area contributed by atoms with Crippen molar-refractivity contribution in [3.8, 4) is 11.1 Å². The molecule has 3 aromatic rings. The van der Waals surface area contributed by atoms with Gasteiger partial charge in [-0.05, 0) is 38.0 Å². The summed E-state index contributed by atoms with van der Waals surface area (Å²) < 4.78 is 6.89. The Bertz CT molecular complexity index is 992. The summed E-state index contributed by atoms with van der Waals surface area (Å²) in [6.07, 6.45) is 5.66. The molecule has 1 aliphatic rings. The molecule has 28 heavy (non-hydrogen) atoms. The molecule has 0 radical (unpaired) electrons. The third-order valence-corrected chi connectivity index (χ3v) is 5.09. The lowest BCUT2D eigenvalue weighted by Crippen LogP contribution is -2.28. The fourth-order valence-electron chi connectivity index (χ4n) is 3.68. The Morgan fingerprint density at radius 3 is 2.82 bits per heavy atom. The minimum atomic E-state index is 0.124. The molecule has 4 heterocycles. The number of aromatic nitrogens is 5. The highest BCUT2D eigenvalue weighted by atomic mass is 16.5. The fourth-order valence-corrected chi connectivity index (χ4v) is 3.68. The first-order valence-electron chi connectivity index (χ1n) is 9.52. The smallest absolute Gasteiger partial charge is 0.227 e. The Kier molecular flexibility index (Phi) is 4.93. The third kappa shape index (κ3) is 3.95.